The van der Waals surface area contributed by atoms with Gasteiger partial charge in [0.1, 0.15) is 0 Å². The van der Waals surface area contributed by atoms with Gasteiger partial charge in [-0.15, -0.1) is 0 Å². The maximum atomic E-state index is 11.7. The Morgan fingerprint density at radius 2 is 2.00 bits per heavy atom. The molecule has 1 aromatic carbocycles. The Labute approximate surface area is 103 Å². The van der Waals surface area contributed by atoms with E-state index in [0.717, 1.165) is 18.5 Å². The van der Waals surface area contributed by atoms with E-state index in [9.17, 15) is 4.79 Å². The summed E-state index contributed by atoms with van der Waals surface area (Å²) in [6.07, 6.45) is 4.62. The molecule has 0 spiro atoms. The van der Waals surface area contributed by atoms with E-state index in [1.807, 2.05) is 12.1 Å². The highest BCUT2D eigenvalue weighted by Crippen LogP contribution is 2.38. The van der Waals surface area contributed by atoms with Crippen molar-refractivity contribution in [2.45, 2.75) is 39.5 Å². The predicted octanol–water partition coefficient (Wildman–Crippen LogP) is 3.62. The van der Waals surface area contributed by atoms with Crippen molar-refractivity contribution < 1.29 is 4.79 Å². The van der Waals surface area contributed by atoms with Crippen LogP contribution in [0.15, 0.2) is 24.3 Å². The number of carbonyl (C=O) groups excluding carboxylic acids is 1. The number of aryl methyl sites for hydroxylation is 1. The highest BCUT2D eigenvalue weighted by Gasteiger charge is 2.38. The molecule has 0 bridgehead atoms. The first-order valence-corrected chi connectivity index (χ1v) is 6.60. The molecule has 0 unspecified atom stereocenters. The number of amides is 1. The molecule has 1 amide bonds. The van der Waals surface area contributed by atoms with Gasteiger partial charge in [0.25, 0.3) is 0 Å². The Morgan fingerprint density at radius 3 is 2.53 bits per heavy atom. The normalized spacial score (nSPS) is 22.2. The molecule has 1 N–H and O–H groups in total. The Hall–Kier alpha value is -1.31. The van der Waals surface area contributed by atoms with Crippen molar-refractivity contribution in [1.29, 1.82) is 0 Å². The van der Waals surface area contributed by atoms with Crippen LogP contribution in [0.25, 0.3) is 0 Å². The third-order valence-corrected chi connectivity index (χ3v) is 3.49. The molecular weight excluding hydrogens is 210 g/mol. The molecule has 1 aliphatic rings. The van der Waals surface area contributed by atoms with Gasteiger partial charge >= 0.3 is 0 Å². The SMILES string of the molecule is CCCCc1ccc(NC(=O)[C@H]2C[C@@H]2C)cc1. The van der Waals surface area contributed by atoms with Crippen LogP contribution in [0.1, 0.15) is 38.7 Å². The number of unbranched alkanes of at least 4 members (excludes halogenated alkanes) is 1. The number of carbonyl (C=O) groups is 1. The topological polar surface area (TPSA) is 29.1 Å². The molecular formula is C15H21NO. The largest absolute Gasteiger partial charge is 0.326 e. The third kappa shape index (κ3) is 3.32. The minimum atomic E-state index is 0.179. The number of anilines is 1. The molecule has 2 rings (SSSR count). The summed E-state index contributed by atoms with van der Waals surface area (Å²) in [7, 11) is 0. The summed E-state index contributed by atoms with van der Waals surface area (Å²) in [5.74, 6) is 0.993. The van der Waals surface area contributed by atoms with Gasteiger partial charge in [0.05, 0.1) is 0 Å². The van der Waals surface area contributed by atoms with Crippen molar-refractivity contribution in [3.8, 4) is 0 Å². The molecule has 0 aliphatic heterocycles. The Balaban J connectivity index is 1.87. The first-order chi connectivity index (χ1) is 8.20. The summed E-state index contributed by atoms with van der Waals surface area (Å²) in [6.45, 7) is 4.32. The van der Waals surface area contributed by atoms with Crippen molar-refractivity contribution in [3.05, 3.63) is 29.8 Å². The molecule has 0 saturated heterocycles. The monoisotopic (exact) mass is 231 g/mol. The zero-order valence-electron chi connectivity index (χ0n) is 10.7. The van der Waals surface area contributed by atoms with Crippen LogP contribution in [0.4, 0.5) is 5.69 Å². The van der Waals surface area contributed by atoms with Gasteiger partial charge in [-0.1, -0.05) is 32.4 Å². The summed E-state index contributed by atoms with van der Waals surface area (Å²) in [5.41, 5.74) is 2.28. The van der Waals surface area contributed by atoms with Crippen LogP contribution in [0.5, 0.6) is 0 Å². The van der Waals surface area contributed by atoms with Gasteiger partial charge in [0.15, 0.2) is 0 Å². The van der Waals surface area contributed by atoms with E-state index >= 15 is 0 Å². The van der Waals surface area contributed by atoms with Gasteiger partial charge in [-0.2, -0.15) is 0 Å². The zero-order chi connectivity index (χ0) is 12.3. The number of rotatable bonds is 5. The van der Waals surface area contributed by atoms with E-state index in [2.05, 4.69) is 31.3 Å². The summed E-state index contributed by atoms with van der Waals surface area (Å²) in [5, 5.41) is 2.98. The van der Waals surface area contributed by atoms with Gasteiger partial charge in [-0.3, -0.25) is 4.79 Å². The lowest BCUT2D eigenvalue weighted by molar-refractivity contribution is -0.117. The highest BCUT2D eigenvalue weighted by molar-refractivity contribution is 5.94. The molecule has 17 heavy (non-hydrogen) atoms. The van der Waals surface area contributed by atoms with Crippen LogP contribution in [0, 0.1) is 11.8 Å². The van der Waals surface area contributed by atoms with E-state index in [1.165, 1.54) is 18.4 Å². The van der Waals surface area contributed by atoms with Crippen LogP contribution < -0.4 is 5.32 Å². The molecule has 2 heteroatoms. The Kier molecular flexibility index (Phi) is 3.82. The van der Waals surface area contributed by atoms with E-state index < -0.39 is 0 Å². The molecule has 0 heterocycles. The van der Waals surface area contributed by atoms with Gasteiger partial charge in [0, 0.05) is 11.6 Å². The average molecular weight is 231 g/mol. The average Bonchev–Trinajstić information content (AvgIpc) is 3.06. The molecule has 92 valence electrons. The fourth-order valence-corrected chi connectivity index (χ4v) is 2.06. The highest BCUT2D eigenvalue weighted by atomic mass is 16.2. The summed E-state index contributed by atoms with van der Waals surface area (Å²) >= 11 is 0. The molecule has 0 aromatic heterocycles. The van der Waals surface area contributed by atoms with Crippen molar-refractivity contribution in [2.75, 3.05) is 5.32 Å². The van der Waals surface area contributed by atoms with Gasteiger partial charge in [-0.05, 0) is 42.9 Å². The van der Waals surface area contributed by atoms with Crippen molar-refractivity contribution >= 4 is 11.6 Å². The second-order valence-corrected chi connectivity index (χ2v) is 5.11. The zero-order valence-corrected chi connectivity index (χ0v) is 10.7. The maximum Gasteiger partial charge on any atom is 0.227 e. The fourth-order valence-electron chi connectivity index (χ4n) is 2.06. The van der Waals surface area contributed by atoms with Gasteiger partial charge in [0.2, 0.25) is 5.91 Å². The Bertz CT molecular complexity index is 382. The standard InChI is InChI=1S/C15H21NO/c1-3-4-5-12-6-8-13(9-7-12)16-15(17)14-10-11(14)2/h6-9,11,14H,3-5,10H2,1-2H3,(H,16,17)/t11-,14-/m0/s1. The summed E-state index contributed by atoms with van der Waals surface area (Å²) < 4.78 is 0. The molecule has 0 radical (unpaired) electrons. The summed E-state index contributed by atoms with van der Waals surface area (Å²) in [6, 6.07) is 8.25. The van der Waals surface area contributed by atoms with Crippen molar-refractivity contribution in [1.82, 2.24) is 0 Å². The first kappa shape index (κ1) is 12.2. The lowest BCUT2D eigenvalue weighted by atomic mass is 10.1. The molecule has 1 aliphatic carbocycles. The van der Waals surface area contributed by atoms with Crippen molar-refractivity contribution in [2.24, 2.45) is 11.8 Å². The molecule has 1 saturated carbocycles. The predicted molar refractivity (Wildman–Crippen MR) is 71.0 cm³/mol. The van der Waals surface area contributed by atoms with Crippen LogP contribution in [-0.2, 0) is 11.2 Å². The quantitative estimate of drug-likeness (QED) is 0.823. The molecule has 1 fully saturated rings. The molecule has 1 aromatic rings. The van der Waals surface area contributed by atoms with E-state index in [4.69, 9.17) is 0 Å². The number of hydrogen-bond donors (Lipinski definition) is 1. The van der Waals surface area contributed by atoms with Crippen LogP contribution >= 0.6 is 0 Å². The van der Waals surface area contributed by atoms with Crippen molar-refractivity contribution in [3.63, 3.8) is 0 Å². The smallest absolute Gasteiger partial charge is 0.227 e. The van der Waals surface area contributed by atoms with E-state index in [1.54, 1.807) is 0 Å². The molecule has 2 nitrogen and oxygen atoms in total. The fraction of sp³-hybridized carbons (Fsp3) is 0.533. The van der Waals surface area contributed by atoms with E-state index in [0.29, 0.717) is 5.92 Å². The van der Waals surface area contributed by atoms with Gasteiger partial charge < -0.3 is 5.32 Å². The number of benzene rings is 1. The third-order valence-electron chi connectivity index (χ3n) is 3.49. The minimum absolute atomic E-state index is 0.179. The molecule has 2 atom stereocenters. The summed E-state index contributed by atoms with van der Waals surface area (Å²) in [4.78, 5) is 11.7. The lowest BCUT2D eigenvalue weighted by Crippen LogP contribution is -2.14. The lowest BCUT2D eigenvalue weighted by Gasteiger charge is -2.06. The van der Waals surface area contributed by atoms with Crippen LogP contribution in [0.2, 0.25) is 0 Å². The minimum Gasteiger partial charge on any atom is -0.326 e. The second kappa shape index (κ2) is 5.35. The Morgan fingerprint density at radius 1 is 1.35 bits per heavy atom. The maximum absolute atomic E-state index is 11.7. The number of hydrogen-bond acceptors (Lipinski definition) is 1. The van der Waals surface area contributed by atoms with Crippen LogP contribution in [0.3, 0.4) is 0 Å². The van der Waals surface area contributed by atoms with E-state index in [-0.39, 0.29) is 11.8 Å². The van der Waals surface area contributed by atoms with Crippen LogP contribution in [-0.4, -0.2) is 5.91 Å². The second-order valence-electron chi connectivity index (χ2n) is 5.11. The number of nitrogens with one attached hydrogen (secondary N) is 1. The van der Waals surface area contributed by atoms with Gasteiger partial charge in [-0.25, -0.2) is 0 Å². The first-order valence-electron chi connectivity index (χ1n) is 6.60.